The fraction of sp³-hybridized carbons (Fsp3) is 0.600. The molecule has 0 radical (unpaired) electrons. The highest BCUT2D eigenvalue weighted by molar-refractivity contribution is 5.35. The largest absolute Gasteiger partial charge is 0.493 e. The molecule has 0 bridgehead atoms. The fourth-order valence-corrected chi connectivity index (χ4v) is 2.47. The third kappa shape index (κ3) is 3.24. The molecule has 3 nitrogen and oxygen atoms in total. The lowest BCUT2D eigenvalue weighted by Crippen LogP contribution is -2.33. The molecular formula is C15H23NO2. The Labute approximate surface area is 109 Å². The van der Waals surface area contributed by atoms with E-state index in [0.717, 1.165) is 43.7 Å². The number of hydrogen-bond acceptors (Lipinski definition) is 3. The van der Waals surface area contributed by atoms with E-state index in [1.807, 2.05) is 24.3 Å². The van der Waals surface area contributed by atoms with Crippen LogP contribution in [0.15, 0.2) is 24.3 Å². The van der Waals surface area contributed by atoms with Gasteiger partial charge in [-0.15, -0.1) is 0 Å². The van der Waals surface area contributed by atoms with Crippen LogP contribution >= 0.6 is 0 Å². The van der Waals surface area contributed by atoms with Crippen LogP contribution in [0.25, 0.3) is 0 Å². The van der Waals surface area contributed by atoms with Crippen molar-refractivity contribution in [2.45, 2.75) is 32.3 Å². The molecule has 2 unspecified atom stereocenters. The summed E-state index contributed by atoms with van der Waals surface area (Å²) in [5.74, 6) is 1.13. The highest BCUT2D eigenvalue weighted by Gasteiger charge is 2.25. The van der Waals surface area contributed by atoms with E-state index in [1.54, 1.807) is 0 Å². The van der Waals surface area contributed by atoms with Crippen LogP contribution < -0.4 is 10.1 Å². The maximum atomic E-state index is 10.5. The van der Waals surface area contributed by atoms with Crippen molar-refractivity contribution >= 4 is 0 Å². The number of aliphatic hydroxyl groups is 1. The zero-order chi connectivity index (χ0) is 12.8. The lowest BCUT2D eigenvalue weighted by atomic mass is 9.89. The summed E-state index contributed by atoms with van der Waals surface area (Å²) in [5, 5.41) is 13.9. The maximum Gasteiger partial charge on any atom is 0.125 e. The topological polar surface area (TPSA) is 41.5 Å². The molecule has 1 aromatic carbocycles. The van der Waals surface area contributed by atoms with Crippen LogP contribution in [-0.4, -0.2) is 24.8 Å². The summed E-state index contributed by atoms with van der Waals surface area (Å²) >= 11 is 0. The van der Waals surface area contributed by atoms with Crippen LogP contribution in [0, 0.1) is 5.92 Å². The first-order chi connectivity index (χ1) is 8.83. The van der Waals surface area contributed by atoms with Crippen molar-refractivity contribution in [3.8, 4) is 5.75 Å². The van der Waals surface area contributed by atoms with Crippen LogP contribution in [0.5, 0.6) is 5.75 Å². The number of piperidine rings is 1. The van der Waals surface area contributed by atoms with Crippen molar-refractivity contribution in [3.05, 3.63) is 29.8 Å². The fourth-order valence-electron chi connectivity index (χ4n) is 2.47. The number of hydrogen-bond donors (Lipinski definition) is 2. The lowest BCUT2D eigenvalue weighted by molar-refractivity contribution is 0.0888. The molecule has 0 aromatic heterocycles. The first kappa shape index (κ1) is 13.4. The predicted molar refractivity (Wildman–Crippen MR) is 72.8 cm³/mol. The molecule has 1 aliphatic heterocycles. The van der Waals surface area contributed by atoms with E-state index in [4.69, 9.17) is 4.74 Å². The Morgan fingerprint density at radius 3 is 3.00 bits per heavy atom. The van der Waals surface area contributed by atoms with Gasteiger partial charge in [0, 0.05) is 18.0 Å². The number of rotatable bonds is 5. The van der Waals surface area contributed by atoms with Crippen LogP contribution in [-0.2, 0) is 0 Å². The first-order valence-corrected chi connectivity index (χ1v) is 6.93. The van der Waals surface area contributed by atoms with Gasteiger partial charge in [0.15, 0.2) is 0 Å². The molecule has 1 heterocycles. The van der Waals surface area contributed by atoms with E-state index in [2.05, 4.69) is 12.2 Å². The van der Waals surface area contributed by atoms with Gasteiger partial charge >= 0.3 is 0 Å². The van der Waals surface area contributed by atoms with Crippen LogP contribution in [0.1, 0.15) is 37.9 Å². The van der Waals surface area contributed by atoms with E-state index < -0.39 is 6.10 Å². The molecule has 1 saturated heterocycles. The molecule has 18 heavy (non-hydrogen) atoms. The van der Waals surface area contributed by atoms with Gasteiger partial charge in [-0.2, -0.15) is 0 Å². The molecule has 100 valence electrons. The highest BCUT2D eigenvalue weighted by Crippen LogP contribution is 2.32. The molecule has 2 atom stereocenters. The average molecular weight is 249 g/mol. The van der Waals surface area contributed by atoms with Gasteiger partial charge in [0.05, 0.1) is 12.7 Å². The van der Waals surface area contributed by atoms with Gasteiger partial charge in [-0.05, 0) is 31.9 Å². The predicted octanol–water partition coefficient (Wildman–Crippen LogP) is 2.51. The third-order valence-electron chi connectivity index (χ3n) is 3.48. The highest BCUT2D eigenvalue weighted by atomic mass is 16.5. The van der Waals surface area contributed by atoms with E-state index >= 15 is 0 Å². The Kier molecular flexibility index (Phi) is 5.02. The van der Waals surface area contributed by atoms with E-state index in [1.165, 1.54) is 0 Å². The minimum absolute atomic E-state index is 0.296. The molecule has 1 aromatic rings. The molecule has 1 aliphatic rings. The van der Waals surface area contributed by atoms with Crippen molar-refractivity contribution in [2.75, 3.05) is 19.7 Å². The van der Waals surface area contributed by atoms with Gasteiger partial charge in [0.1, 0.15) is 5.75 Å². The van der Waals surface area contributed by atoms with Crippen LogP contribution in [0.2, 0.25) is 0 Å². The summed E-state index contributed by atoms with van der Waals surface area (Å²) in [6.45, 7) is 4.75. The molecule has 2 N–H and O–H groups in total. The van der Waals surface area contributed by atoms with Crippen molar-refractivity contribution in [2.24, 2.45) is 5.92 Å². The monoisotopic (exact) mass is 249 g/mol. The Morgan fingerprint density at radius 1 is 1.44 bits per heavy atom. The summed E-state index contributed by atoms with van der Waals surface area (Å²) in [5.41, 5.74) is 0.930. The Bertz CT molecular complexity index is 361. The normalized spacial score (nSPS) is 21.6. The first-order valence-electron chi connectivity index (χ1n) is 6.93. The maximum absolute atomic E-state index is 10.5. The zero-order valence-corrected chi connectivity index (χ0v) is 11.1. The molecule has 0 saturated carbocycles. The molecule has 2 rings (SSSR count). The second-order valence-corrected chi connectivity index (χ2v) is 4.94. The van der Waals surface area contributed by atoms with Crippen molar-refractivity contribution in [1.82, 2.24) is 5.32 Å². The van der Waals surface area contributed by atoms with Crippen molar-refractivity contribution in [1.29, 1.82) is 0 Å². The van der Waals surface area contributed by atoms with Gasteiger partial charge in [0.25, 0.3) is 0 Å². The minimum Gasteiger partial charge on any atom is -0.493 e. The molecule has 0 aliphatic carbocycles. The summed E-state index contributed by atoms with van der Waals surface area (Å²) in [4.78, 5) is 0. The SMILES string of the molecule is CCCOc1ccccc1C(O)C1CCCNC1. The number of ether oxygens (including phenoxy) is 1. The molecule has 1 fully saturated rings. The van der Waals surface area contributed by atoms with Crippen LogP contribution in [0.4, 0.5) is 0 Å². The van der Waals surface area contributed by atoms with Gasteiger partial charge in [-0.3, -0.25) is 0 Å². The third-order valence-corrected chi connectivity index (χ3v) is 3.48. The summed E-state index contributed by atoms with van der Waals surface area (Å²) in [6.07, 6.45) is 2.77. The minimum atomic E-state index is -0.425. The summed E-state index contributed by atoms with van der Waals surface area (Å²) < 4.78 is 5.72. The van der Waals surface area contributed by atoms with E-state index in [0.29, 0.717) is 12.5 Å². The van der Waals surface area contributed by atoms with Crippen molar-refractivity contribution in [3.63, 3.8) is 0 Å². The summed E-state index contributed by atoms with van der Waals surface area (Å²) in [6, 6.07) is 7.85. The summed E-state index contributed by atoms with van der Waals surface area (Å²) in [7, 11) is 0. The van der Waals surface area contributed by atoms with Gasteiger partial charge in [0.2, 0.25) is 0 Å². The van der Waals surface area contributed by atoms with Crippen molar-refractivity contribution < 1.29 is 9.84 Å². The molecule has 0 spiro atoms. The lowest BCUT2D eigenvalue weighted by Gasteiger charge is -2.28. The Morgan fingerprint density at radius 2 is 2.28 bits per heavy atom. The second-order valence-electron chi connectivity index (χ2n) is 4.94. The number of nitrogens with one attached hydrogen (secondary N) is 1. The number of aliphatic hydroxyl groups excluding tert-OH is 1. The van der Waals surface area contributed by atoms with Gasteiger partial charge in [-0.1, -0.05) is 25.1 Å². The van der Waals surface area contributed by atoms with Gasteiger partial charge < -0.3 is 15.2 Å². The standard InChI is InChI=1S/C15H23NO2/c1-2-10-18-14-8-4-3-7-13(14)15(17)12-6-5-9-16-11-12/h3-4,7-8,12,15-17H,2,5-6,9-11H2,1H3. The molecule has 3 heteroatoms. The average Bonchev–Trinajstić information content (AvgIpc) is 2.45. The molecule has 0 amide bonds. The zero-order valence-electron chi connectivity index (χ0n) is 11.1. The second kappa shape index (κ2) is 6.76. The number of benzene rings is 1. The smallest absolute Gasteiger partial charge is 0.125 e. The Balaban J connectivity index is 2.10. The van der Waals surface area contributed by atoms with Gasteiger partial charge in [-0.25, -0.2) is 0 Å². The Hall–Kier alpha value is -1.06. The van der Waals surface area contributed by atoms with Crippen LogP contribution in [0.3, 0.4) is 0 Å². The number of para-hydroxylation sites is 1. The van der Waals surface area contributed by atoms with E-state index in [9.17, 15) is 5.11 Å². The van der Waals surface area contributed by atoms with E-state index in [-0.39, 0.29) is 0 Å². The molecular weight excluding hydrogens is 226 g/mol. The quantitative estimate of drug-likeness (QED) is 0.842.